The molecule has 0 heterocycles. The lowest BCUT2D eigenvalue weighted by atomic mass is 10.1. The van der Waals surface area contributed by atoms with Crippen LogP contribution in [0.15, 0.2) is 48.5 Å². The van der Waals surface area contributed by atoms with Crippen molar-refractivity contribution >= 4 is 11.8 Å². The van der Waals surface area contributed by atoms with Gasteiger partial charge in [-0.2, -0.15) is 0 Å². The van der Waals surface area contributed by atoms with Crippen LogP contribution < -0.4 is 10.1 Å². The number of hydrogen-bond acceptors (Lipinski definition) is 3. The van der Waals surface area contributed by atoms with Crippen LogP contribution in [0.1, 0.15) is 62.6 Å². The highest BCUT2D eigenvalue weighted by atomic mass is 16.5. The van der Waals surface area contributed by atoms with Crippen molar-refractivity contribution in [2.24, 2.45) is 0 Å². The predicted octanol–water partition coefficient (Wildman–Crippen LogP) is 5.19. The number of benzene rings is 2. The van der Waals surface area contributed by atoms with E-state index in [0.29, 0.717) is 39.0 Å². The summed E-state index contributed by atoms with van der Waals surface area (Å²) in [5, 5.41) is 3.00. The van der Waals surface area contributed by atoms with Crippen LogP contribution in [0.2, 0.25) is 0 Å². The van der Waals surface area contributed by atoms with E-state index in [4.69, 9.17) is 4.74 Å². The second-order valence-corrected chi connectivity index (χ2v) is 8.34. The fourth-order valence-electron chi connectivity index (χ4n) is 3.62. The highest BCUT2D eigenvalue weighted by molar-refractivity contribution is 5.87. The van der Waals surface area contributed by atoms with Crippen LogP contribution in [-0.4, -0.2) is 35.9 Å². The summed E-state index contributed by atoms with van der Waals surface area (Å²) in [6, 6.07) is 15.5. The predicted molar refractivity (Wildman–Crippen MR) is 130 cm³/mol. The normalized spacial score (nSPS) is 11.6. The van der Waals surface area contributed by atoms with Crippen LogP contribution in [0.3, 0.4) is 0 Å². The average molecular weight is 439 g/mol. The van der Waals surface area contributed by atoms with Gasteiger partial charge in [0.05, 0.1) is 6.61 Å². The first kappa shape index (κ1) is 25.4. The van der Waals surface area contributed by atoms with Gasteiger partial charge in [0.2, 0.25) is 11.8 Å². The molecule has 0 aliphatic rings. The van der Waals surface area contributed by atoms with Gasteiger partial charge in [-0.25, -0.2) is 0 Å². The van der Waals surface area contributed by atoms with Gasteiger partial charge in [-0.05, 0) is 50.8 Å². The Hall–Kier alpha value is -2.82. The molecule has 32 heavy (non-hydrogen) atoms. The van der Waals surface area contributed by atoms with Crippen molar-refractivity contribution in [3.8, 4) is 5.75 Å². The number of ether oxygens (including phenoxy) is 1. The van der Waals surface area contributed by atoms with E-state index in [9.17, 15) is 9.59 Å². The molecule has 0 radical (unpaired) electrons. The second-order valence-electron chi connectivity index (χ2n) is 8.34. The largest absolute Gasteiger partial charge is 0.494 e. The molecule has 0 saturated carbocycles. The van der Waals surface area contributed by atoms with Crippen molar-refractivity contribution in [2.75, 3.05) is 13.2 Å². The maximum absolute atomic E-state index is 13.2. The standard InChI is InChI=1S/C27H38N2O3/c1-5-7-17-28-27(31)25(6-2)29(20-23-11-8-10-22(4)19-23)26(30)12-9-18-32-24-15-13-21(3)14-16-24/h8,10-11,13-16,19,25H,5-7,9,12,17-18,20H2,1-4H3,(H,28,31)/t25-/m1/s1. The van der Waals surface area contributed by atoms with E-state index in [-0.39, 0.29) is 11.8 Å². The van der Waals surface area contributed by atoms with Gasteiger partial charge < -0.3 is 15.0 Å². The van der Waals surface area contributed by atoms with E-state index in [1.807, 2.05) is 63.2 Å². The van der Waals surface area contributed by atoms with Crippen molar-refractivity contribution < 1.29 is 14.3 Å². The van der Waals surface area contributed by atoms with Gasteiger partial charge in [-0.3, -0.25) is 9.59 Å². The number of rotatable bonds is 13. The summed E-state index contributed by atoms with van der Waals surface area (Å²) in [6.07, 6.45) is 3.48. The van der Waals surface area contributed by atoms with Crippen LogP contribution >= 0.6 is 0 Å². The molecule has 2 amide bonds. The monoisotopic (exact) mass is 438 g/mol. The fourth-order valence-corrected chi connectivity index (χ4v) is 3.62. The van der Waals surface area contributed by atoms with Crippen LogP contribution in [0.5, 0.6) is 5.75 Å². The van der Waals surface area contributed by atoms with E-state index < -0.39 is 6.04 Å². The summed E-state index contributed by atoms with van der Waals surface area (Å²) in [5.41, 5.74) is 3.36. The van der Waals surface area contributed by atoms with Crippen LogP contribution in [0.25, 0.3) is 0 Å². The summed E-state index contributed by atoms with van der Waals surface area (Å²) in [6.45, 7) is 9.66. The summed E-state index contributed by atoms with van der Waals surface area (Å²) < 4.78 is 5.77. The Morgan fingerprint density at radius 3 is 2.41 bits per heavy atom. The Bertz CT molecular complexity index is 848. The van der Waals surface area contributed by atoms with E-state index in [2.05, 4.69) is 18.3 Å². The van der Waals surface area contributed by atoms with E-state index in [1.165, 1.54) is 5.56 Å². The zero-order valence-corrected chi connectivity index (χ0v) is 20.0. The lowest BCUT2D eigenvalue weighted by molar-refractivity contribution is -0.141. The zero-order chi connectivity index (χ0) is 23.3. The molecule has 2 aromatic rings. The molecule has 1 N–H and O–H groups in total. The number of unbranched alkanes of at least 4 members (excludes halogenated alkanes) is 1. The SMILES string of the molecule is CCCCNC(=O)[C@@H](CC)N(Cc1cccc(C)c1)C(=O)CCCOc1ccc(C)cc1. The maximum atomic E-state index is 13.2. The molecular formula is C27H38N2O3. The number of carbonyl (C=O) groups is 2. The number of nitrogens with zero attached hydrogens (tertiary/aromatic N) is 1. The van der Waals surface area contributed by atoms with Gasteiger partial charge in [0.15, 0.2) is 0 Å². The summed E-state index contributed by atoms with van der Waals surface area (Å²) in [5.74, 6) is 0.718. The molecule has 174 valence electrons. The number of aryl methyl sites for hydroxylation is 2. The molecule has 0 aliphatic carbocycles. The van der Waals surface area contributed by atoms with Crippen molar-refractivity contribution in [3.63, 3.8) is 0 Å². The Kier molecular flexibility index (Phi) is 10.8. The molecule has 0 bridgehead atoms. The van der Waals surface area contributed by atoms with E-state index in [1.54, 1.807) is 4.90 Å². The summed E-state index contributed by atoms with van der Waals surface area (Å²) >= 11 is 0. The van der Waals surface area contributed by atoms with Crippen molar-refractivity contribution in [1.29, 1.82) is 0 Å². The van der Waals surface area contributed by atoms with E-state index >= 15 is 0 Å². The molecule has 0 fully saturated rings. The van der Waals surface area contributed by atoms with Gasteiger partial charge in [0.25, 0.3) is 0 Å². The Labute approximate surface area is 193 Å². The second kappa shape index (κ2) is 13.6. The zero-order valence-electron chi connectivity index (χ0n) is 20.0. The first-order valence-electron chi connectivity index (χ1n) is 11.8. The van der Waals surface area contributed by atoms with Crippen molar-refractivity contribution in [2.45, 2.75) is 72.4 Å². The van der Waals surface area contributed by atoms with Crippen molar-refractivity contribution in [1.82, 2.24) is 10.2 Å². The minimum Gasteiger partial charge on any atom is -0.494 e. The smallest absolute Gasteiger partial charge is 0.242 e. The fraction of sp³-hybridized carbons (Fsp3) is 0.481. The summed E-state index contributed by atoms with van der Waals surface area (Å²) in [4.78, 5) is 27.8. The van der Waals surface area contributed by atoms with Crippen molar-refractivity contribution in [3.05, 3.63) is 65.2 Å². The topological polar surface area (TPSA) is 58.6 Å². The molecule has 2 aromatic carbocycles. The molecule has 5 nitrogen and oxygen atoms in total. The molecular weight excluding hydrogens is 400 g/mol. The molecule has 0 aliphatic heterocycles. The molecule has 2 rings (SSSR count). The molecule has 5 heteroatoms. The maximum Gasteiger partial charge on any atom is 0.242 e. The van der Waals surface area contributed by atoms with Gasteiger partial charge in [-0.1, -0.05) is 67.8 Å². The summed E-state index contributed by atoms with van der Waals surface area (Å²) in [7, 11) is 0. The van der Waals surface area contributed by atoms with Gasteiger partial charge in [0.1, 0.15) is 11.8 Å². The Morgan fingerprint density at radius 1 is 1.00 bits per heavy atom. The van der Waals surface area contributed by atoms with Crippen LogP contribution in [-0.2, 0) is 16.1 Å². The first-order valence-corrected chi connectivity index (χ1v) is 11.8. The number of nitrogens with one attached hydrogen (secondary N) is 1. The lowest BCUT2D eigenvalue weighted by Gasteiger charge is -2.31. The third-order valence-electron chi connectivity index (χ3n) is 5.48. The van der Waals surface area contributed by atoms with Crippen LogP contribution in [0, 0.1) is 13.8 Å². The average Bonchev–Trinajstić information content (AvgIpc) is 2.78. The van der Waals surface area contributed by atoms with Crippen LogP contribution in [0.4, 0.5) is 0 Å². The Balaban J connectivity index is 2.03. The highest BCUT2D eigenvalue weighted by Crippen LogP contribution is 2.16. The minimum atomic E-state index is -0.474. The third kappa shape index (κ3) is 8.37. The van der Waals surface area contributed by atoms with E-state index in [0.717, 1.165) is 29.7 Å². The Morgan fingerprint density at radius 2 is 1.75 bits per heavy atom. The lowest BCUT2D eigenvalue weighted by Crippen LogP contribution is -2.49. The number of amides is 2. The molecule has 0 unspecified atom stereocenters. The third-order valence-corrected chi connectivity index (χ3v) is 5.48. The molecule has 0 spiro atoms. The molecule has 0 aromatic heterocycles. The van der Waals surface area contributed by atoms with Gasteiger partial charge in [-0.15, -0.1) is 0 Å². The quantitative estimate of drug-likeness (QED) is 0.438. The molecule has 0 saturated heterocycles. The highest BCUT2D eigenvalue weighted by Gasteiger charge is 2.28. The van der Waals surface area contributed by atoms with Gasteiger partial charge >= 0.3 is 0 Å². The number of carbonyl (C=O) groups excluding carboxylic acids is 2. The van der Waals surface area contributed by atoms with Gasteiger partial charge in [0, 0.05) is 19.5 Å². The minimum absolute atomic E-state index is 0.0171. The first-order chi connectivity index (χ1) is 15.4. The molecule has 1 atom stereocenters. The number of hydrogen-bond donors (Lipinski definition) is 1.